The van der Waals surface area contributed by atoms with Crippen LogP contribution in [-0.2, 0) is 13.0 Å². The number of rotatable bonds is 3. The highest BCUT2D eigenvalue weighted by atomic mass is 15.0. The number of hydrogen-bond acceptors (Lipinski definition) is 2. The molecule has 0 aliphatic heterocycles. The summed E-state index contributed by atoms with van der Waals surface area (Å²) in [5.41, 5.74) is 6.50. The van der Waals surface area contributed by atoms with E-state index in [-0.39, 0.29) is 0 Å². The molecule has 3 nitrogen and oxygen atoms in total. The monoisotopic (exact) mass is 139 g/mol. The maximum atomic E-state index is 5.36. The maximum Gasteiger partial charge on any atom is 0.0949 e. The van der Waals surface area contributed by atoms with Gasteiger partial charge in [-0.1, -0.05) is 6.92 Å². The van der Waals surface area contributed by atoms with Crippen LogP contribution in [0.2, 0.25) is 0 Å². The van der Waals surface area contributed by atoms with Crippen molar-refractivity contribution in [2.24, 2.45) is 5.73 Å². The summed E-state index contributed by atoms with van der Waals surface area (Å²) < 4.78 is 2.01. The second-order valence-electron chi connectivity index (χ2n) is 2.25. The van der Waals surface area contributed by atoms with Crippen LogP contribution >= 0.6 is 0 Å². The number of hydrogen-bond donors (Lipinski definition) is 1. The Morgan fingerprint density at radius 3 is 3.00 bits per heavy atom. The Labute approximate surface area is 60.9 Å². The molecule has 0 aromatic carbocycles. The van der Waals surface area contributed by atoms with Crippen LogP contribution in [0.1, 0.15) is 12.6 Å². The Kier molecular flexibility index (Phi) is 2.45. The highest BCUT2D eigenvalue weighted by Gasteiger charge is 1.92. The van der Waals surface area contributed by atoms with Gasteiger partial charge in [-0.05, 0) is 6.42 Å². The largest absolute Gasteiger partial charge is 0.336 e. The Morgan fingerprint density at radius 1 is 1.70 bits per heavy atom. The first-order valence-corrected chi connectivity index (χ1v) is 3.57. The SMILES string of the molecule is CCc1cn(CCN)cn1. The molecule has 0 fully saturated rings. The third-order valence-electron chi connectivity index (χ3n) is 1.44. The van der Waals surface area contributed by atoms with Crippen molar-refractivity contribution in [2.45, 2.75) is 19.9 Å². The average Bonchev–Trinajstić information content (AvgIpc) is 2.37. The first-order valence-electron chi connectivity index (χ1n) is 3.57. The number of aromatic nitrogens is 2. The molecule has 0 aliphatic carbocycles. The molecule has 56 valence electrons. The topological polar surface area (TPSA) is 43.8 Å². The quantitative estimate of drug-likeness (QED) is 0.659. The van der Waals surface area contributed by atoms with Gasteiger partial charge in [-0.3, -0.25) is 0 Å². The highest BCUT2D eigenvalue weighted by molar-refractivity contribution is 4.95. The fourth-order valence-corrected chi connectivity index (χ4v) is 0.860. The predicted octanol–water partition coefficient (Wildman–Crippen LogP) is 0.404. The van der Waals surface area contributed by atoms with Crippen LogP contribution in [-0.4, -0.2) is 16.1 Å². The second kappa shape index (κ2) is 3.37. The van der Waals surface area contributed by atoms with E-state index in [1.54, 1.807) is 0 Å². The summed E-state index contributed by atoms with van der Waals surface area (Å²) >= 11 is 0. The Bertz CT molecular complexity index is 192. The van der Waals surface area contributed by atoms with Crippen LogP contribution in [0, 0.1) is 0 Å². The molecule has 0 amide bonds. The van der Waals surface area contributed by atoms with Gasteiger partial charge in [0.25, 0.3) is 0 Å². The molecule has 1 aromatic heterocycles. The average molecular weight is 139 g/mol. The normalized spacial score (nSPS) is 10.2. The summed E-state index contributed by atoms with van der Waals surface area (Å²) in [5, 5.41) is 0. The maximum absolute atomic E-state index is 5.36. The summed E-state index contributed by atoms with van der Waals surface area (Å²) in [6.07, 6.45) is 4.86. The Balaban J connectivity index is 2.59. The summed E-state index contributed by atoms with van der Waals surface area (Å²) in [7, 11) is 0. The van der Waals surface area contributed by atoms with Crippen molar-refractivity contribution in [2.75, 3.05) is 6.54 Å². The lowest BCUT2D eigenvalue weighted by Gasteiger charge is -1.94. The van der Waals surface area contributed by atoms with Crippen LogP contribution in [0.25, 0.3) is 0 Å². The summed E-state index contributed by atoms with van der Waals surface area (Å²) in [6.45, 7) is 3.64. The lowest BCUT2D eigenvalue weighted by Crippen LogP contribution is -2.07. The van der Waals surface area contributed by atoms with E-state index in [9.17, 15) is 0 Å². The zero-order chi connectivity index (χ0) is 7.40. The molecule has 0 saturated carbocycles. The van der Waals surface area contributed by atoms with Crippen LogP contribution in [0.4, 0.5) is 0 Å². The lowest BCUT2D eigenvalue weighted by molar-refractivity contribution is 0.707. The van der Waals surface area contributed by atoms with Gasteiger partial charge in [-0.15, -0.1) is 0 Å². The van der Waals surface area contributed by atoms with Gasteiger partial charge < -0.3 is 10.3 Å². The van der Waals surface area contributed by atoms with Gasteiger partial charge >= 0.3 is 0 Å². The van der Waals surface area contributed by atoms with Gasteiger partial charge in [-0.2, -0.15) is 0 Å². The predicted molar refractivity (Wildman–Crippen MR) is 40.7 cm³/mol. The second-order valence-corrected chi connectivity index (χ2v) is 2.25. The van der Waals surface area contributed by atoms with Gasteiger partial charge in [0.05, 0.1) is 12.0 Å². The molecular formula is C7H13N3. The van der Waals surface area contributed by atoms with E-state index in [0.29, 0.717) is 6.54 Å². The van der Waals surface area contributed by atoms with Gasteiger partial charge in [0.1, 0.15) is 0 Å². The van der Waals surface area contributed by atoms with E-state index in [2.05, 4.69) is 11.9 Å². The fraction of sp³-hybridized carbons (Fsp3) is 0.571. The Hall–Kier alpha value is -0.830. The minimum atomic E-state index is 0.680. The van der Waals surface area contributed by atoms with Crippen molar-refractivity contribution in [1.82, 2.24) is 9.55 Å². The molecule has 0 aliphatic rings. The van der Waals surface area contributed by atoms with Gasteiger partial charge in [0.15, 0.2) is 0 Å². The van der Waals surface area contributed by atoms with Crippen LogP contribution in [0.15, 0.2) is 12.5 Å². The third-order valence-corrected chi connectivity index (χ3v) is 1.44. The van der Waals surface area contributed by atoms with Crippen molar-refractivity contribution in [3.63, 3.8) is 0 Å². The van der Waals surface area contributed by atoms with Gasteiger partial charge in [0, 0.05) is 19.3 Å². The van der Waals surface area contributed by atoms with Crippen molar-refractivity contribution in [3.05, 3.63) is 18.2 Å². The summed E-state index contributed by atoms with van der Waals surface area (Å²) in [5.74, 6) is 0. The van der Waals surface area contributed by atoms with Crippen LogP contribution in [0.5, 0.6) is 0 Å². The van der Waals surface area contributed by atoms with Gasteiger partial charge in [-0.25, -0.2) is 4.98 Å². The molecule has 0 unspecified atom stereocenters. The van der Waals surface area contributed by atoms with Crippen LogP contribution < -0.4 is 5.73 Å². The number of nitrogens with two attached hydrogens (primary N) is 1. The van der Waals surface area contributed by atoms with E-state index in [1.165, 1.54) is 0 Å². The molecule has 3 heteroatoms. The van der Waals surface area contributed by atoms with E-state index in [0.717, 1.165) is 18.7 Å². The summed E-state index contributed by atoms with van der Waals surface area (Å²) in [4.78, 5) is 4.16. The van der Waals surface area contributed by atoms with Crippen LogP contribution in [0.3, 0.4) is 0 Å². The van der Waals surface area contributed by atoms with E-state index >= 15 is 0 Å². The zero-order valence-electron chi connectivity index (χ0n) is 6.25. The first kappa shape index (κ1) is 7.28. The van der Waals surface area contributed by atoms with E-state index in [4.69, 9.17) is 5.73 Å². The minimum absolute atomic E-state index is 0.680. The number of nitrogens with zero attached hydrogens (tertiary/aromatic N) is 2. The zero-order valence-corrected chi connectivity index (χ0v) is 6.25. The molecule has 0 bridgehead atoms. The van der Waals surface area contributed by atoms with Crippen molar-refractivity contribution in [1.29, 1.82) is 0 Å². The molecule has 0 saturated heterocycles. The minimum Gasteiger partial charge on any atom is -0.336 e. The van der Waals surface area contributed by atoms with E-state index < -0.39 is 0 Å². The molecule has 0 spiro atoms. The number of imidazole rings is 1. The smallest absolute Gasteiger partial charge is 0.0949 e. The molecule has 0 radical (unpaired) electrons. The molecular weight excluding hydrogens is 126 g/mol. The molecule has 1 heterocycles. The highest BCUT2D eigenvalue weighted by Crippen LogP contribution is 1.95. The molecule has 1 aromatic rings. The molecule has 1 rings (SSSR count). The fourth-order valence-electron chi connectivity index (χ4n) is 0.860. The van der Waals surface area contributed by atoms with Gasteiger partial charge in [0.2, 0.25) is 0 Å². The van der Waals surface area contributed by atoms with Crippen molar-refractivity contribution < 1.29 is 0 Å². The summed E-state index contributed by atoms with van der Waals surface area (Å²) in [6, 6.07) is 0. The molecule has 10 heavy (non-hydrogen) atoms. The molecule has 0 atom stereocenters. The lowest BCUT2D eigenvalue weighted by atomic mass is 10.4. The van der Waals surface area contributed by atoms with E-state index in [1.807, 2.05) is 17.1 Å². The molecule has 2 N–H and O–H groups in total. The van der Waals surface area contributed by atoms with Crippen molar-refractivity contribution >= 4 is 0 Å². The standard InChI is InChI=1S/C7H13N3/c1-2-7-5-10(4-3-8)6-9-7/h5-6H,2-4,8H2,1H3. The first-order chi connectivity index (χ1) is 4.86. The Morgan fingerprint density at radius 2 is 2.50 bits per heavy atom. The van der Waals surface area contributed by atoms with Crippen molar-refractivity contribution in [3.8, 4) is 0 Å². The number of aryl methyl sites for hydroxylation is 1. The third kappa shape index (κ3) is 1.57.